The highest BCUT2D eigenvalue weighted by Gasteiger charge is 2.45. The second kappa shape index (κ2) is 4.79. The Morgan fingerprint density at radius 3 is 2.71 bits per heavy atom. The summed E-state index contributed by atoms with van der Waals surface area (Å²) in [6, 6.07) is 0. The first kappa shape index (κ1) is 13.2. The summed E-state index contributed by atoms with van der Waals surface area (Å²) in [6.07, 6.45) is 2.34. The molecule has 98 valence electrons. The first-order chi connectivity index (χ1) is 7.90. The van der Waals surface area contributed by atoms with E-state index in [4.69, 9.17) is 4.74 Å². The molecule has 1 saturated heterocycles. The first-order valence-corrected chi connectivity index (χ1v) is 7.57. The molecule has 17 heavy (non-hydrogen) atoms. The predicted octanol–water partition coefficient (Wildman–Crippen LogP) is 3.27. The van der Waals surface area contributed by atoms with Gasteiger partial charge in [-0.05, 0) is 51.4 Å². The second-order valence-corrected chi connectivity index (χ2v) is 6.94. The van der Waals surface area contributed by atoms with Crippen LogP contribution in [0.1, 0.15) is 33.6 Å². The van der Waals surface area contributed by atoms with Gasteiger partial charge < -0.3 is 9.64 Å². The van der Waals surface area contributed by atoms with Crippen LogP contribution in [-0.2, 0) is 4.74 Å². The smallest absolute Gasteiger partial charge is 0.410 e. The highest BCUT2D eigenvalue weighted by molar-refractivity contribution is 9.09. The summed E-state index contributed by atoms with van der Waals surface area (Å²) >= 11 is 3.54. The molecule has 1 aliphatic carbocycles. The Kier molecular flexibility index (Phi) is 3.71. The van der Waals surface area contributed by atoms with Crippen molar-refractivity contribution in [1.82, 2.24) is 4.90 Å². The van der Waals surface area contributed by atoms with Gasteiger partial charge in [-0.3, -0.25) is 0 Å². The van der Waals surface area contributed by atoms with Gasteiger partial charge in [0.2, 0.25) is 0 Å². The van der Waals surface area contributed by atoms with Gasteiger partial charge in [0.1, 0.15) is 5.60 Å². The molecular formula is C13H22BrNO2. The van der Waals surface area contributed by atoms with Crippen LogP contribution in [0.25, 0.3) is 0 Å². The number of halogens is 1. The fourth-order valence-electron chi connectivity index (χ4n) is 2.65. The number of nitrogens with zero attached hydrogens (tertiary/aromatic N) is 1. The molecule has 0 aromatic heterocycles. The van der Waals surface area contributed by atoms with Gasteiger partial charge in [0.05, 0.1) is 0 Å². The van der Waals surface area contributed by atoms with Crippen LogP contribution in [0.4, 0.5) is 4.79 Å². The Labute approximate surface area is 112 Å². The van der Waals surface area contributed by atoms with E-state index in [0.717, 1.165) is 36.7 Å². The molecule has 1 aliphatic heterocycles. The number of ether oxygens (including phenoxy) is 1. The lowest BCUT2D eigenvalue weighted by atomic mass is 10.0. The molecule has 4 heteroatoms. The number of hydrogen-bond acceptors (Lipinski definition) is 2. The average Bonchev–Trinajstić information content (AvgIpc) is 2.83. The minimum absolute atomic E-state index is 0.143. The molecule has 0 N–H and O–H groups in total. The van der Waals surface area contributed by atoms with Crippen molar-refractivity contribution >= 4 is 22.0 Å². The van der Waals surface area contributed by atoms with E-state index in [1.807, 2.05) is 25.7 Å². The number of rotatable bonds is 2. The SMILES string of the molecule is CC(C)(C)OC(=O)N1CCC(C2CC2CBr)C1. The van der Waals surface area contributed by atoms with Gasteiger partial charge in [-0.2, -0.15) is 0 Å². The van der Waals surface area contributed by atoms with Crippen molar-refractivity contribution in [2.45, 2.75) is 39.2 Å². The Morgan fingerprint density at radius 2 is 2.18 bits per heavy atom. The second-order valence-electron chi connectivity index (χ2n) is 6.29. The highest BCUT2D eigenvalue weighted by atomic mass is 79.9. The van der Waals surface area contributed by atoms with E-state index in [1.165, 1.54) is 6.42 Å². The Bertz CT molecular complexity index is 300. The van der Waals surface area contributed by atoms with E-state index in [-0.39, 0.29) is 11.7 Å². The minimum Gasteiger partial charge on any atom is -0.444 e. The minimum atomic E-state index is -0.382. The van der Waals surface area contributed by atoms with Crippen molar-refractivity contribution in [1.29, 1.82) is 0 Å². The molecule has 0 aromatic rings. The fraction of sp³-hybridized carbons (Fsp3) is 0.923. The van der Waals surface area contributed by atoms with Crippen molar-refractivity contribution in [3.63, 3.8) is 0 Å². The molecule has 0 bridgehead atoms. The van der Waals surface area contributed by atoms with E-state index in [2.05, 4.69) is 15.9 Å². The Hall–Kier alpha value is -0.250. The van der Waals surface area contributed by atoms with Crippen LogP contribution in [0.5, 0.6) is 0 Å². The van der Waals surface area contributed by atoms with Crippen LogP contribution in [0, 0.1) is 17.8 Å². The molecule has 2 aliphatic rings. The summed E-state index contributed by atoms with van der Waals surface area (Å²) in [5.74, 6) is 2.38. The zero-order valence-electron chi connectivity index (χ0n) is 10.9. The molecule has 2 rings (SSSR count). The number of hydrogen-bond donors (Lipinski definition) is 0. The van der Waals surface area contributed by atoms with E-state index >= 15 is 0 Å². The largest absolute Gasteiger partial charge is 0.444 e. The van der Waals surface area contributed by atoms with Gasteiger partial charge >= 0.3 is 6.09 Å². The standard InChI is InChI=1S/C13H22BrNO2/c1-13(2,3)17-12(16)15-5-4-9(8-15)11-6-10(11)7-14/h9-11H,4-8H2,1-3H3. The van der Waals surface area contributed by atoms with Gasteiger partial charge in [-0.1, -0.05) is 15.9 Å². The van der Waals surface area contributed by atoms with Gasteiger partial charge in [-0.25, -0.2) is 4.79 Å². The zero-order chi connectivity index (χ0) is 12.6. The van der Waals surface area contributed by atoms with Gasteiger partial charge in [0.15, 0.2) is 0 Å². The monoisotopic (exact) mass is 303 g/mol. The van der Waals surface area contributed by atoms with Crippen molar-refractivity contribution in [3.8, 4) is 0 Å². The molecule has 0 radical (unpaired) electrons. The fourth-order valence-corrected chi connectivity index (χ4v) is 3.40. The van der Waals surface area contributed by atoms with Gasteiger partial charge in [0.25, 0.3) is 0 Å². The summed E-state index contributed by atoms with van der Waals surface area (Å²) in [6.45, 7) is 7.51. The number of alkyl halides is 1. The van der Waals surface area contributed by atoms with E-state index < -0.39 is 0 Å². The van der Waals surface area contributed by atoms with Crippen molar-refractivity contribution in [2.24, 2.45) is 17.8 Å². The van der Waals surface area contributed by atoms with Crippen LogP contribution in [-0.4, -0.2) is 35.0 Å². The molecule has 3 nitrogen and oxygen atoms in total. The maximum atomic E-state index is 11.9. The van der Waals surface area contributed by atoms with E-state index in [1.54, 1.807) is 0 Å². The molecule has 0 spiro atoms. The van der Waals surface area contributed by atoms with Crippen LogP contribution >= 0.6 is 15.9 Å². The number of carbonyl (C=O) groups is 1. The zero-order valence-corrected chi connectivity index (χ0v) is 12.5. The predicted molar refractivity (Wildman–Crippen MR) is 71.3 cm³/mol. The summed E-state index contributed by atoms with van der Waals surface area (Å²) in [5.41, 5.74) is -0.382. The molecular weight excluding hydrogens is 282 g/mol. The summed E-state index contributed by atoms with van der Waals surface area (Å²) in [7, 11) is 0. The van der Waals surface area contributed by atoms with E-state index in [0.29, 0.717) is 5.92 Å². The summed E-state index contributed by atoms with van der Waals surface area (Å²) in [5, 5.41) is 1.11. The lowest BCUT2D eigenvalue weighted by Gasteiger charge is -2.24. The Morgan fingerprint density at radius 1 is 1.47 bits per heavy atom. The molecule has 1 heterocycles. The maximum Gasteiger partial charge on any atom is 0.410 e. The quantitative estimate of drug-likeness (QED) is 0.733. The molecule has 2 fully saturated rings. The number of amides is 1. The Balaban J connectivity index is 1.80. The molecule has 3 atom stereocenters. The summed E-state index contributed by atoms with van der Waals surface area (Å²) < 4.78 is 5.40. The van der Waals surface area contributed by atoms with Crippen molar-refractivity contribution in [3.05, 3.63) is 0 Å². The third-order valence-electron chi connectivity index (χ3n) is 3.66. The number of carbonyl (C=O) groups excluding carboxylic acids is 1. The van der Waals surface area contributed by atoms with Crippen LogP contribution in [0.15, 0.2) is 0 Å². The number of likely N-dealkylation sites (tertiary alicyclic amines) is 1. The van der Waals surface area contributed by atoms with Gasteiger partial charge in [-0.15, -0.1) is 0 Å². The van der Waals surface area contributed by atoms with Crippen molar-refractivity contribution in [2.75, 3.05) is 18.4 Å². The third kappa shape index (κ3) is 3.36. The van der Waals surface area contributed by atoms with Crippen LogP contribution in [0.2, 0.25) is 0 Å². The molecule has 1 amide bonds. The topological polar surface area (TPSA) is 29.5 Å². The maximum absolute atomic E-state index is 11.9. The average molecular weight is 304 g/mol. The normalized spacial score (nSPS) is 32.7. The lowest BCUT2D eigenvalue weighted by molar-refractivity contribution is 0.0286. The van der Waals surface area contributed by atoms with Crippen LogP contribution < -0.4 is 0 Å². The lowest BCUT2D eigenvalue weighted by Crippen LogP contribution is -2.35. The molecule has 3 unspecified atom stereocenters. The third-order valence-corrected chi connectivity index (χ3v) is 4.49. The highest BCUT2D eigenvalue weighted by Crippen LogP contribution is 2.48. The van der Waals surface area contributed by atoms with Gasteiger partial charge in [0, 0.05) is 18.4 Å². The van der Waals surface area contributed by atoms with Crippen LogP contribution in [0.3, 0.4) is 0 Å². The first-order valence-electron chi connectivity index (χ1n) is 6.44. The van der Waals surface area contributed by atoms with E-state index in [9.17, 15) is 4.79 Å². The molecule has 0 aromatic carbocycles. The van der Waals surface area contributed by atoms with Crippen molar-refractivity contribution < 1.29 is 9.53 Å². The molecule has 1 saturated carbocycles. The summed E-state index contributed by atoms with van der Waals surface area (Å²) in [4.78, 5) is 13.8.